The Hall–Kier alpha value is -1.51. The highest BCUT2D eigenvalue weighted by Crippen LogP contribution is 2.25. The average molecular weight is 476 g/mol. The number of nitrogens with one attached hydrogen (secondary N) is 3. The van der Waals surface area contributed by atoms with Crippen molar-refractivity contribution < 1.29 is 9.53 Å². The van der Waals surface area contributed by atoms with Crippen molar-refractivity contribution in [3.8, 4) is 5.75 Å². The Morgan fingerprint density at radius 1 is 1.15 bits per heavy atom. The molecule has 0 aliphatic carbocycles. The molecule has 0 radical (unpaired) electrons. The molecule has 1 amide bonds. The van der Waals surface area contributed by atoms with E-state index in [2.05, 4.69) is 40.9 Å². The third-order valence-electron chi connectivity index (χ3n) is 3.70. The van der Waals surface area contributed by atoms with Crippen LogP contribution >= 0.6 is 24.0 Å². The zero-order valence-electron chi connectivity index (χ0n) is 16.9. The maximum atomic E-state index is 11.9. The maximum absolute atomic E-state index is 11.9. The molecule has 0 aliphatic heterocycles. The zero-order valence-corrected chi connectivity index (χ0v) is 19.2. The number of benzene rings is 1. The van der Waals surface area contributed by atoms with Crippen LogP contribution < -0.4 is 20.7 Å². The molecule has 26 heavy (non-hydrogen) atoms. The van der Waals surface area contributed by atoms with E-state index in [9.17, 15) is 4.79 Å². The molecule has 0 fully saturated rings. The van der Waals surface area contributed by atoms with Crippen LogP contribution in [0.5, 0.6) is 5.75 Å². The van der Waals surface area contributed by atoms with E-state index < -0.39 is 0 Å². The summed E-state index contributed by atoms with van der Waals surface area (Å²) in [7, 11) is 3.36. The second-order valence-corrected chi connectivity index (χ2v) is 7.69. The minimum atomic E-state index is -0.246. The zero-order chi connectivity index (χ0) is 19.1. The number of ether oxygens (including phenoxy) is 1. The van der Waals surface area contributed by atoms with Crippen LogP contribution in [0.1, 0.15) is 40.2 Å². The quantitative estimate of drug-likeness (QED) is 0.336. The van der Waals surface area contributed by atoms with Gasteiger partial charge in [-0.15, -0.1) is 24.0 Å². The van der Waals surface area contributed by atoms with Crippen molar-refractivity contribution in [2.45, 2.75) is 45.6 Å². The second-order valence-electron chi connectivity index (χ2n) is 7.69. The van der Waals surface area contributed by atoms with Crippen molar-refractivity contribution in [2.24, 2.45) is 4.99 Å². The Labute approximate surface area is 174 Å². The topological polar surface area (TPSA) is 74.8 Å². The third kappa shape index (κ3) is 8.73. The van der Waals surface area contributed by atoms with Gasteiger partial charge in [0.25, 0.3) is 0 Å². The highest BCUT2D eigenvalue weighted by Gasteiger charge is 2.22. The number of carbonyl (C=O) groups is 1. The molecule has 6 nitrogen and oxygen atoms in total. The van der Waals surface area contributed by atoms with Gasteiger partial charge >= 0.3 is 0 Å². The highest BCUT2D eigenvalue weighted by molar-refractivity contribution is 14.0. The van der Waals surface area contributed by atoms with Crippen molar-refractivity contribution in [3.63, 3.8) is 0 Å². The van der Waals surface area contributed by atoms with Gasteiger partial charge in [-0.1, -0.05) is 26.0 Å². The van der Waals surface area contributed by atoms with Gasteiger partial charge in [-0.3, -0.25) is 9.79 Å². The summed E-state index contributed by atoms with van der Waals surface area (Å²) in [5, 5.41) is 9.23. The van der Waals surface area contributed by atoms with Gasteiger partial charge in [0, 0.05) is 24.5 Å². The maximum Gasteiger partial charge on any atom is 0.239 e. The Morgan fingerprint density at radius 3 is 2.35 bits per heavy atom. The summed E-state index contributed by atoms with van der Waals surface area (Å²) < 4.78 is 5.30. The molecular formula is C19H33IN4O2. The molecule has 0 heterocycles. The molecule has 1 aromatic rings. The number of aliphatic imine (C=N–C) groups is 1. The van der Waals surface area contributed by atoms with Crippen LogP contribution in [0.4, 0.5) is 0 Å². The molecule has 7 heteroatoms. The lowest BCUT2D eigenvalue weighted by Crippen LogP contribution is -2.49. The normalized spacial score (nSPS) is 12.0. The predicted molar refractivity (Wildman–Crippen MR) is 119 cm³/mol. The first kappa shape index (κ1) is 24.5. The van der Waals surface area contributed by atoms with Gasteiger partial charge in [0.05, 0.1) is 13.7 Å². The van der Waals surface area contributed by atoms with E-state index in [0.29, 0.717) is 12.5 Å². The molecule has 0 unspecified atom stereocenters. The van der Waals surface area contributed by atoms with E-state index in [-0.39, 0.29) is 47.4 Å². The van der Waals surface area contributed by atoms with Gasteiger partial charge in [-0.2, -0.15) is 0 Å². The fourth-order valence-corrected chi connectivity index (χ4v) is 2.30. The van der Waals surface area contributed by atoms with E-state index in [0.717, 1.165) is 5.75 Å². The van der Waals surface area contributed by atoms with E-state index in [1.807, 2.05) is 39.0 Å². The number of nitrogens with zero attached hydrogens (tertiary/aromatic N) is 1. The molecule has 0 saturated carbocycles. The van der Waals surface area contributed by atoms with Gasteiger partial charge in [0.15, 0.2) is 5.96 Å². The van der Waals surface area contributed by atoms with Crippen LogP contribution in [0.15, 0.2) is 29.3 Å². The fourth-order valence-electron chi connectivity index (χ4n) is 2.30. The molecule has 148 valence electrons. The van der Waals surface area contributed by atoms with Crippen LogP contribution in [-0.2, 0) is 10.2 Å². The Balaban J connectivity index is 0.00000625. The molecule has 3 N–H and O–H groups in total. The number of amides is 1. The summed E-state index contributed by atoms with van der Waals surface area (Å²) in [4.78, 5) is 16.1. The third-order valence-corrected chi connectivity index (χ3v) is 3.70. The van der Waals surface area contributed by atoms with E-state index >= 15 is 0 Å². The van der Waals surface area contributed by atoms with E-state index in [1.165, 1.54) is 5.56 Å². The number of rotatable bonds is 6. The van der Waals surface area contributed by atoms with Crippen LogP contribution in [0.3, 0.4) is 0 Å². The number of halogens is 1. The molecule has 1 aromatic carbocycles. The highest BCUT2D eigenvalue weighted by atomic mass is 127. The van der Waals surface area contributed by atoms with E-state index in [1.54, 1.807) is 14.2 Å². The minimum Gasteiger partial charge on any atom is -0.497 e. The second kappa shape index (κ2) is 10.6. The lowest BCUT2D eigenvalue weighted by molar-refractivity contribution is -0.121. The molecule has 0 aromatic heterocycles. The average Bonchev–Trinajstić information content (AvgIpc) is 2.53. The smallest absolute Gasteiger partial charge is 0.239 e. The standard InChI is InChI=1S/C19H32N4O2.HI/c1-18(2,3)23-16(24)12-21-17(20-6)22-13-19(4,5)14-9-8-10-15(11-14)25-7;/h8-11H,12-13H2,1-7H3,(H,23,24)(H2,20,21,22);1H. The van der Waals surface area contributed by atoms with Crippen LogP contribution in [-0.4, -0.2) is 44.7 Å². The van der Waals surface area contributed by atoms with Crippen molar-refractivity contribution in [3.05, 3.63) is 29.8 Å². The van der Waals surface area contributed by atoms with Gasteiger partial charge in [0.1, 0.15) is 5.75 Å². The van der Waals surface area contributed by atoms with E-state index in [4.69, 9.17) is 4.74 Å². The lowest BCUT2D eigenvalue weighted by Gasteiger charge is -2.27. The Morgan fingerprint density at radius 2 is 1.81 bits per heavy atom. The molecule has 0 aliphatic rings. The number of hydrogen-bond donors (Lipinski definition) is 3. The fraction of sp³-hybridized carbons (Fsp3) is 0.579. The van der Waals surface area contributed by atoms with Crippen LogP contribution in [0.2, 0.25) is 0 Å². The van der Waals surface area contributed by atoms with Gasteiger partial charge < -0.3 is 20.7 Å². The minimum absolute atomic E-state index is 0. The molecule has 0 atom stereocenters. The summed E-state index contributed by atoms with van der Waals surface area (Å²) in [6.45, 7) is 11.0. The molecule has 0 bridgehead atoms. The molecular weight excluding hydrogens is 443 g/mol. The molecule has 0 saturated heterocycles. The van der Waals surface area contributed by atoms with Crippen molar-refractivity contribution >= 4 is 35.8 Å². The predicted octanol–water partition coefficient (Wildman–Crippen LogP) is 2.67. The van der Waals surface area contributed by atoms with Crippen molar-refractivity contribution in [1.82, 2.24) is 16.0 Å². The van der Waals surface area contributed by atoms with Gasteiger partial charge in [0.2, 0.25) is 5.91 Å². The van der Waals surface area contributed by atoms with Crippen LogP contribution in [0.25, 0.3) is 0 Å². The first-order valence-corrected chi connectivity index (χ1v) is 8.47. The summed E-state index contributed by atoms with van der Waals surface area (Å²) in [5.41, 5.74) is 0.796. The van der Waals surface area contributed by atoms with Crippen LogP contribution in [0, 0.1) is 0 Å². The first-order chi connectivity index (χ1) is 11.6. The monoisotopic (exact) mass is 476 g/mol. The van der Waals surface area contributed by atoms with Gasteiger partial charge in [-0.25, -0.2) is 0 Å². The number of hydrogen-bond acceptors (Lipinski definition) is 3. The Kier molecular flexibility index (Phi) is 9.98. The number of guanidine groups is 1. The molecule has 1 rings (SSSR count). The number of methoxy groups -OCH3 is 1. The Bertz CT molecular complexity index is 610. The summed E-state index contributed by atoms with van der Waals surface area (Å²) >= 11 is 0. The van der Waals surface area contributed by atoms with Gasteiger partial charge in [-0.05, 0) is 38.5 Å². The van der Waals surface area contributed by atoms with Crippen molar-refractivity contribution in [2.75, 3.05) is 27.2 Å². The SMILES string of the molecule is CN=C(NCC(=O)NC(C)(C)C)NCC(C)(C)c1cccc(OC)c1.I. The number of carbonyl (C=O) groups excluding carboxylic acids is 1. The molecule has 0 spiro atoms. The summed E-state index contributed by atoms with van der Waals surface area (Å²) in [5.74, 6) is 1.37. The lowest BCUT2D eigenvalue weighted by atomic mass is 9.84. The first-order valence-electron chi connectivity index (χ1n) is 8.47. The summed E-state index contributed by atoms with van der Waals surface area (Å²) in [6.07, 6.45) is 0. The summed E-state index contributed by atoms with van der Waals surface area (Å²) in [6, 6.07) is 8.03. The van der Waals surface area contributed by atoms with Crippen molar-refractivity contribution in [1.29, 1.82) is 0 Å². The largest absolute Gasteiger partial charge is 0.497 e.